The molecule has 29 heavy (non-hydrogen) atoms. The van der Waals surface area contributed by atoms with Crippen LogP contribution in [0.2, 0.25) is 0 Å². The summed E-state index contributed by atoms with van der Waals surface area (Å²) in [4.78, 5) is 21.2. The molecule has 0 bridgehead atoms. The number of amides is 1. The molecule has 1 aromatic heterocycles. The van der Waals surface area contributed by atoms with Crippen LogP contribution in [-0.4, -0.2) is 29.1 Å². The minimum atomic E-state index is -0.314. The number of methoxy groups -OCH3 is 1. The molecule has 7 heteroatoms. The van der Waals surface area contributed by atoms with Crippen LogP contribution in [0.4, 0.5) is 17.2 Å². The topological polar surface area (TPSA) is 85.4 Å². The summed E-state index contributed by atoms with van der Waals surface area (Å²) < 4.78 is 10.8. The minimum absolute atomic E-state index is 0.0936. The Balaban J connectivity index is 1.71. The highest BCUT2D eigenvalue weighted by Gasteiger charge is 2.12. The molecule has 1 heterocycles. The van der Waals surface area contributed by atoms with E-state index in [0.717, 1.165) is 17.2 Å². The summed E-state index contributed by atoms with van der Waals surface area (Å²) in [5.74, 6) is 2.23. The van der Waals surface area contributed by atoms with Crippen molar-refractivity contribution < 1.29 is 14.3 Å². The van der Waals surface area contributed by atoms with E-state index in [1.165, 1.54) is 0 Å². The van der Waals surface area contributed by atoms with Crippen molar-refractivity contribution in [3.8, 4) is 11.5 Å². The van der Waals surface area contributed by atoms with Crippen molar-refractivity contribution >= 4 is 23.1 Å². The summed E-state index contributed by atoms with van der Waals surface area (Å²) in [5.41, 5.74) is 1.76. The Morgan fingerprint density at radius 1 is 0.931 bits per heavy atom. The van der Waals surface area contributed by atoms with E-state index in [1.54, 1.807) is 32.2 Å². The van der Waals surface area contributed by atoms with Gasteiger partial charge in [0.2, 0.25) is 0 Å². The Morgan fingerprint density at radius 2 is 1.55 bits per heavy atom. The number of aromatic nitrogens is 2. The van der Waals surface area contributed by atoms with E-state index < -0.39 is 0 Å². The lowest BCUT2D eigenvalue weighted by Gasteiger charge is -2.11. The van der Waals surface area contributed by atoms with E-state index in [2.05, 4.69) is 20.6 Å². The van der Waals surface area contributed by atoms with Crippen molar-refractivity contribution in [1.82, 2.24) is 9.97 Å². The summed E-state index contributed by atoms with van der Waals surface area (Å²) in [7, 11) is 1.62. The van der Waals surface area contributed by atoms with Gasteiger partial charge in [0.25, 0.3) is 5.91 Å². The van der Waals surface area contributed by atoms with Crippen LogP contribution in [0.25, 0.3) is 0 Å². The zero-order valence-corrected chi connectivity index (χ0v) is 16.9. The molecule has 150 valence electrons. The number of hydrogen-bond acceptors (Lipinski definition) is 6. The first kappa shape index (κ1) is 20.1. The molecule has 0 fully saturated rings. The molecule has 0 aliphatic rings. The third-order valence-electron chi connectivity index (χ3n) is 3.92. The molecule has 0 saturated heterocycles. The molecule has 0 spiro atoms. The second kappa shape index (κ2) is 9.05. The van der Waals surface area contributed by atoms with Gasteiger partial charge in [0.05, 0.1) is 13.2 Å². The zero-order chi connectivity index (χ0) is 20.8. The van der Waals surface area contributed by atoms with Crippen molar-refractivity contribution in [2.75, 3.05) is 17.7 Å². The van der Waals surface area contributed by atoms with Crippen LogP contribution in [0.5, 0.6) is 11.5 Å². The van der Waals surface area contributed by atoms with Crippen LogP contribution in [0.15, 0.2) is 54.6 Å². The van der Waals surface area contributed by atoms with Gasteiger partial charge < -0.3 is 20.1 Å². The number of ether oxygens (including phenoxy) is 2. The molecule has 3 rings (SSSR count). The molecule has 0 saturated carbocycles. The highest BCUT2D eigenvalue weighted by Crippen LogP contribution is 2.20. The molecule has 3 aromatic rings. The summed E-state index contributed by atoms with van der Waals surface area (Å²) in [6.07, 6.45) is 0.0936. The second-order valence-corrected chi connectivity index (χ2v) is 6.68. The van der Waals surface area contributed by atoms with E-state index in [1.807, 2.05) is 50.2 Å². The van der Waals surface area contributed by atoms with Gasteiger partial charge in [-0.2, -0.15) is 0 Å². The van der Waals surface area contributed by atoms with Gasteiger partial charge in [-0.1, -0.05) is 0 Å². The van der Waals surface area contributed by atoms with Crippen LogP contribution in [0, 0.1) is 6.92 Å². The van der Waals surface area contributed by atoms with Crippen molar-refractivity contribution in [2.45, 2.75) is 26.9 Å². The number of nitrogens with zero attached hydrogens (tertiary/aromatic N) is 2. The molecular weight excluding hydrogens is 368 g/mol. The first-order valence-corrected chi connectivity index (χ1v) is 9.28. The van der Waals surface area contributed by atoms with Crippen LogP contribution in [0.3, 0.4) is 0 Å². The molecule has 2 aromatic carbocycles. The highest BCUT2D eigenvalue weighted by molar-refractivity contribution is 6.03. The quantitative estimate of drug-likeness (QED) is 0.612. The molecule has 0 radical (unpaired) electrons. The maximum absolute atomic E-state index is 12.6. The van der Waals surface area contributed by atoms with Gasteiger partial charge in [-0.05, 0) is 69.3 Å². The Kier molecular flexibility index (Phi) is 6.29. The average Bonchev–Trinajstić information content (AvgIpc) is 2.69. The Bertz CT molecular complexity index is 970. The van der Waals surface area contributed by atoms with Crippen LogP contribution < -0.4 is 20.1 Å². The Labute approximate surface area is 170 Å². The predicted octanol–water partition coefficient (Wildman–Crippen LogP) is 4.58. The first-order chi connectivity index (χ1) is 13.9. The van der Waals surface area contributed by atoms with Crippen molar-refractivity contribution in [3.05, 3.63) is 66.1 Å². The summed E-state index contributed by atoms with van der Waals surface area (Å²) >= 11 is 0. The van der Waals surface area contributed by atoms with Gasteiger partial charge in [-0.25, -0.2) is 9.97 Å². The normalized spacial score (nSPS) is 10.5. The Morgan fingerprint density at radius 3 is 2.17 bits per heavy atom. The lowest BCUT2D eigenvalue weighted by Crippen LogP contribution is -2.15. The molecule has 0 atom stereocenters. The lowest BCUT2D eigenvalue weighted by molar-refractivity contribution is 0.102. The molecule has 7 nitrogen and oxygen atoms in total. The number of carbonyl (C=O) groups excluding carboxylic acids is 1. The zero-order valence-electron chi connectivity index (χ0n) is 16.9. The fraction of sp³-hybridized carbons (Fsp3) is 0.227. The Hall–Kier alpha value is -3.61. The van der Waals surface area contributed by atoms with Gasteiger partial charge in [0.1, 0.15) is 28.8 Å². The van der Waals surface area contributed by atoms with Gasteiger partial charge in [0.15, 0.2) is 0 Å². The summed E-state index contributed by atoms with van der Waals surface area (Å²) in [6.45, 7) is 5.67. The third-order valence-corrected chi connectivity index (χ3v) is 3.92. The predicted molar refractivity (Wildman–Crippen MR) is 113 cm³/mol. The molecule has 2 N–H and O–H groups in total. The maximum Gasteiger partial charge on any atom is 0.274 e. The van der Waals surface area contributed by atoms with Gasteiger partial charge in [0, 0.05) is 17.4 Å². The second-order valence-electron chi connectivity index (χ2n) is 6.68. The minimum Gasteiger partial charge on any atom is -0.497 e. The summed E-state index contributed by atoms with van der Waals surface area (Å²) in [5, 5.41) is 6.02. The number of hydrogen-bond donors (Lipinski definition) is 2. The smallest absolute Gasteiger partial charge is 0.274 e. The number of nitrogens with one attached hydrogen (secondary N) is 2. The van der Waals surface area contributed by atoms with E-state index in [9.17, 15) is 4.79 Å². The van der Waals surface area contributed by atoms with Crippen molar-refractivity contribution in [3.63, 3.8) is 0 Å². The van der Waals surface area contributed by atoms with E-state index in [0.29, 0.717) is 17.3 Å². The van der Waals surface area contributed by atoms with Crippen molar-refractivity contribution in [1.29, 1.82) is 0 Å². The van der Waals surface area contributed by atoms with Gasteiger partial charge >= 0.3 is 0 Å². The fourth-order valence-electron chi connectivity index (χ4n) is 2.65. The molecule has 0 aliphatic carbocycles. The maximum atomic E-state index is 12.6. The van der Waals surface area contributed by atoms with Gasteiger partial charge in [-0.15, -0.1) is 0 Å². The largest absolute Gasteiger partial charge is 0.497 e. The molecule has 0 aliphatic heterocycles. The van der Waals surface area contributed by atoms with Crippen LogP contribution in [0.1, 0.15) is 30.2 Å². The van der Waals surface area contributed by atoms with Crippen LogP contribution in [-0.2, 0) is 0 Å². The first-order valence-electron chi connectivity index (χ1n) is 9.28. The van der Waals surface area contributed by atoms with Crippen LogP contribution >= 0.6 is 0 Å². The van der Waals surface area contributed by atoms with E-state index >= 15 is 0 Å². The fourth-order valence-corrected chi connectivity index (χ4v) is 2.65. The van der Waals surface area contributed by atoms with E-state index in [4.69, 9.17) is 9.47 Å². The highest BCUT2D eigenvalue weighted by atomic mass is 16.5. The SMILES string of the molecule is COc1ccc(Nc2cc(C(=O)Nc3ccc(OC(C)C)cc3)nc(C)n2)cc1. The number of carbonyl (C=O) groups is 1. The molecular formula is C22H24N4O3. The van der Waals surface area contributed by atoms with E-state index in [-0.39, 0.29) is 17.7 Å². The standard InChI is InChI=1S/C22H24N4O3/c1-14(2)29-19-11-7-17(8-12-19)26-22(27)20-13-21(24-15(3)23-20)25-16-5-9-18(28-4)10-6-16/h5-14H,1-4H3,(H,26,27)(H,23,24,25). The number of anilines is 3. The van der Waals surface area contributed by atoms with Gasteiger partial charge in [-0.3, -0.25) is 4.79 Å². The average molecular weight is 392 g/mol. The number of aryl methyl sites for hydroxylation is 1. The lowest BCUT2D eigenvalue weighted by atomic mass is 10.2. The summed E-state index contributed by atoms with van der Waals surface area (Å²) in [6, 6.07) is 16.3. The third kappa shape index (κ3) is 5.68. The number of rotatable bonds is 7. The molecule has 0 unspecified atom stereocenters. The number of benzene rings is 2. The monoisotopic (exact) mass is 392 g/mol. The molecule has 1 amide bonds. The van der Waals surface area contributed by atoms with Crippen molar-refractivity contribution in [2.24, 2.45) is 0 Å².